The van der Waals surface area contributed by atoms with E-state index in [1.165, 1.54) is 19.5 Å². The van der Waals surface area contributed by atoms with Gasteiger partial charge in [-0.15, -0.1) is 0 Å². The summed E-state index contributed by atoms with van der Waals surface area (Å²) in [6.07, 6.45) is 3.14. The summed E-state index contributed by atoms with van der Waals surface area (Å²) in [5, 5.41) is 11.1. The standard InChI is InChI=1S/C9H11NO4/c1-6(11)10-8(9(12)13)4-7-2-3-14-5-7/h2-3,5,8H,4H2,1H3,(H,10,11)(H,12,13). The van der Waals surface area contributed by atoms with Crippen molar-refractivity contribution in [2.24, 2.45) is 0 Å². The highest BCUT2D eigenvalue weighted by molar-refractivity contribution is 5.82. The first kappa shape index (κ1) is 10.3. The third-order valence-electron chi connectivity index (χ3n) is 1.70. The molecule has 5 heteroatoms. The fourth-order valence-electron chi connectivity index (χ4n) is 1.09. The number of carboxylic acid groups (broad SMARTS) is 1. The van der Waals surface area contributed by atoms with Gasteiger partial charge in [0.25, 0.3) is 0 Å². The van der Waals surface area contributed by atoms with Gasteiger partial charge < -0.3 is 14.8 Å². The lowest BCUT2D eigenvalue weighted by molar-refractivity contribution is -0.141. The van der Waals surface area contributed by atoms with Crippen molar-refractivity contribution in [3.05, 3.63) is 24.2 Å². The number of carboxylic acids is 1. The Kier molecular flexibility index (Phi) is 3.28. The summed E-state index contributed by atoms with van der Waals surface area (Å²) < 4.78 is 4.79. The van der Waals surface area contributed by atoms with Crippen LogP contribution in [0.5, 0.6) is 0 Å². The van der Waals surface area contributed by atoms with Crippen LogP contribution in [0.15, 0.2) is 23.0 Å². The maximum absolute atomic E-state index is 10.7. The number of hydrogen-bond acceptors (Lipinski definition) is 3. The number of carbonyl (C=O) groups is 2. The molecule has 5 nitrogen and oxygen atoms in total. The molecule has 0 fully saturated rings. The lowest BCUT2D eigenvalue weighted by atomic mass is 10.1. The van der Waals surface area contributed by atoms with E-state index in [9.17, 15) is 9.59 Å². The van der Waals surface area contributed by atoms with E-state index in [-0.39, 0.29) is 12.3 Å². The lowest BCUT2D eigenvalue weighted by Gasteiger charge is -2.11. The van der Waals surface area contributed by atoms with E-state index in [0.29, 0.717) is 0 Å². The van der Waals surface area contributed by atoms with Crippen molar-refractivity contribution in [1.29, 1.82) is 0 Å². The van der Waals surface area contributed by atoms with Crippen molar-refractivity contribution in [3.8, 4) is 0 Å². The number of aliphatic carboxylic acids is 1. The fraction of sp³-hybridized carbons (Fsp3) is 0.333. The average Bonchev–Trinajstić information content (AvgIpc) is 2.54. The second-order valence-corrected chi connectivity index (χ2v) is 2.93. The number of hydrogen-bond donors (Lipinski definition) is 2. The molecule has 1 unspecified atom stereocenters. The Labute approximate surface area is 80.7 Å². The minimum absolute atomic E-state index is 0.228. The van der Waals surface area contributed by atoms with Crippen molar-refractivity contribution in [3.63, 3.8) is 0 Å². The van der Waals surface area contributed by atoms with E-state index in [0.717, 1.165) is 5.56 Å². The van der Waals surface area contributed by atoms with E-state index in [1.54, 1.807) is 6.07 Å². The molecule has 76 valence electrons. The predicted molar refractivity (Wildman–Crippen MR) is 47.7 cm³/mol. The van der Waals surface area contributed by atoms with Crippen LogP contribution >= 0.6 is 0 Å². The first-order valence-corrected chi connectivity index (χ1v) is 4.10. The third-order valence-corrected chi connectivity index (χ3v) is 1.70. The fourth-order valence-corrected chi connectivity index (χ4v) is 1.09. The maximum atomic E-state index is 10.7. The van der Waals surface area contributed by atoms with E-state index < -0.39 is 12.0 Å². The zero-order chi connectivity index (χ0) is 10.6. The molecule has 1 amide bonds. The van der Waals surface area contributed by atoms with Gasteiger partial charge in [0.05, 0.1) is 12.5 Å². The molecule has 14 heavy (non-hydrogen) atoms. The van der Waals surface area contributed by atoms with Gasteiger partial charge >= 0.3 is 5.97 Å². The summed E-state index contributed by atoms with van der Waals surface area (Å²) in [7, 11) is 0. The molecule has 0 aromatic carbocycles. The van der Waals surface area contributed by atoms with Gasteiger partial charge in [-0.2, -0.15) is 0 Å². The van der Waals surface area contributed by atoms with Crippen LogP contribution < -0.4 is 5.32 Å². The van der Waals surface area contributed by atoms with Gasteiger partial charge in [0.2, 0.25) is 5.91 Å². The first-order valence-electron chi connectivity index (χ1n) is 4.10. The molecule has 0 saturated carbocycles. The molecule has 1 aromatic heterocycles. The number of amides is 1. The second kappa shape index (κ2) is 4.45. The normalized spacial score (nSPS) is 12.1. The minimum atomic E-state index is -1.05. The van der Waals surface area contributed by atoms with Gasteiger partial charge in [-0.3, -0.25) is 4.79 Å². The third kappa shape index (κ3) is 2.93. The van der Waals surface area contributed by atoms with E-state index >= 15 is 0 Å². The molecule has 0 aliphatic heterocycles. The zero-order valence-corrected chi connectivity index (χ0v) is 7.69. The van der Waals surface area contributed by atoms with Crippen molar-refractivity contribution in [2.75, 3.05) is 0 Å². The monoisotopic (exact) mass is 197 g/mol. The molecule has 0 bridgehead atoms. The van der Waals surface area contributed by atoms with E-state index in [4.69, 9.17) is 9.52 Å². The van der Waals surface area contributed by atoms with Crippen LogP contribution in [0.4, 0.5) is 0 Å². The quantitative estimate of drug-likeness (QED) is 0.732. The van der Waals surface area contributed by atoms with E-state index in [1.807, 2.05) is 0 Å². The molecule has 1 heterocycles. The summed E-state index contributed by atoms with van der Waals surface area (Å²) in [5.41, 5.74) is 0.742. The molecule has 1 rings (SSSR count). The van der Waals surface area contributed by atoms with Gasteiger partial charge in [-0.25, -0.2) is 4.79 Å². The molecule has 0 spiro atoms. The van der Waals surface area contributed by atoms with Gasteiger partial charge in [-0.05, 0) is 11.6 Å². The van der Waals surface area contributed by atoms with Crippen LogP contribution in [-0.4, -0.2) is 23.0 Å². The molecule has 0 radical (unpaired) electrons. The number of nitrogens with one attached hydrogen (secondary N) is 1. The minimum Gasteiger partial charge on any atom is -0.480 e. The Balaban J connectivity index is 2.60. The Bertz CT molecular complexity index is 318. The summed E-state index contributed by atoms with van der Waals surface area (Å²) in [5.74, 6) is -1.41. The smallest absolute Gasteiger partial charge is 0.326 e. The van der Waals surface area contributed by atoms with Crippen LogP contribution in [0, 0.1) is 0 Å². The highest BCUT2D eigenvalue weighted by Gasteiger charge is 2.18. The summed E-state index contributed by atoms with van der Waals surface area (Å²) >= 11 is 0. The second-order valence-electron chi connectivity index (χ2n) is 2.93. The molecule has 1 aromatic rings. The average molecular weight is 197 g/mol. The molecule has 0 aliphatic rings. The summed E-state index contributed by atoms with van der Waals surface area (Å²) in [6, 6.07) is 0.766. The van der Waals surface area contributed by atoms with Gasteiger partial charge in [0.15, 0.2) is 0 Å². The lowest BCUT2D eigenvalue weighted by Crippen LogP contribution is -2.41. The highest BCUT2D eigenvalue weighted by atomic mass is 16.4. The van der Waals surface area contributed by atoms with Crippen molar-refractivity contribution in [2.45, 2.75) is 19.4 Å². The van der Waals surface area contributed by atoms with Crippen LogP contribution in [0.3, 0.4) is 0 Å². The van der Waals surface area contributed by atoms with Crippen LogP contribution in [-0.2, 0) is 16.0 Å². The predicted octanol–water partition coefficient (Wildman–Crippen LogP) is 0.411. The Morgan fingerprint density at radius 2 is 2.36 bits per heavy atom. The first-order chi connectivity index (χ1) is 6.59. The largest absolute Gasteiger partial charge is 0.480 e. The summed E-state index contributed by atoms with van der Waals surface area (Å²) in [4.78, 5) is 21.4. The summed E-state index contributed by atoms with van der Waals surface area (Å²) in [6.45, 7) is 1.28. The van der Waals surface area contributed by atoms with Crippen molar-refractivity contribution < 1.29 is 19.1 Å². The SMILES string of the molecule is CC(=O)NC(Cc1ccoc1)C(=O)O. The van der Waals surface area contributed by atoms with Crippen molar-refractivity contribution >= 4 is 11.9 Å². The van der Waals surface area contributed by atoms with Crippen LogP contribution in [0.1, 0.15) is 12.5 Å². The Morgan fingerprint density at radius 3 is 2.79 bits per heavy atom. The molecule has 1 atom stereocenters. The van der Waals surface area contributed by atoms with Gasteiger partial charge in [-0.1, -0.05) is 0 Å². The number of furan rings is 1. The van der Waals surface area contributed by atoms with Gasteiger partial charge in [0, 0.05) is 13.3 Å². The number of rotatable bonds is 4. The number of carbonyl (C=O) groups excluding carboxylic acids is 1. The van der Waals surface area contributed by atoms with E-state index in [2.05, 4.69) is 5.32 Å². The molecular weight excluding hydrogens is 186 g/mol. The van der Waals surface area contributed by atoms with Crippen LogP contribution in [0.25, 0.3) is 0 Å². The van der Waals surface area contributed by atoms with Crippen molar-refractivity contribution in [1.82, 2.24) is 5.32 Å². The topological polar surface area (TPSA) is 79.5 Å². The Hall–Kier alpha value is -1.78. The van der Waals surface area contributed by atoms with Gasteiger partial charge in [0.1, 0.15) is 6.04 Å². The zero-order valence-electron chi connectivity index (χ0n) is 7.69. The maximum Gasteiger partial charge on any atom is 0.326 e. The Morgan fingerprint density at radius 1 is 1.64 bits per heavy atom. The molecule has 2 N–H and O–H groups in total. The molecular formula is C9H11NO4. The molecule has 0 saturated heterocycles. The highest BCUT2D eigenvalue weighted by Crippen LogP contribution is 2.04. The van der Waals surface area contributed by atoms with Crippen LogP contribution in [0.2, 0.25) is 0 Å². The molecule has 0 aliphatic carbocycles.